The van der Waals surface area contributed by atoms with Crippen LogP contribution in [0.25, 0.3) is 0 Å². The SMILES string of the molecule is CSCCC(NC(=O)C(N)CC(N)=O)C(=O)NC(C(=O)NC(Cc1ccccc1)C(=O)O)C(C)O. The molecule has 35 heavy (non-hydrogen) atoms. The highest BCUT2D eigenvalue weighted by Crippen LogP contribution is 2.07. The number of rotatable bonds is 15. The van der Waals surface area contributed by atoms with Gasteiger partial charge in [-0.2, -0.15) is 11.8 Å². The van der Waals surface area contributed by atoms with E-state index in [-0.39, 0.29) is 12.8 Å². The number of aliphatic hydroxyl groups excluding tert-OH is 1. The lowest BCUT2D eigenvalue weighted by Crippen LogP contribution is -2.60. The zero-order chi connectivity index (χ0) is 26.5. The van der Waals surface area contributed by atoms with E-state index in [1.165, 1.54) is 18.7 Å². The molecule has 194 valence electrons. The molecule has 0 saturated carbocycles. The minimum Gasteiger partial charge on any atom is -0.480 e. The first-order valence-corrected chi connectivity index (χ1v) is 12.2. The molecule has 0 aliphatic carbocycles. The van der Waals surface area contributed by atoms with Crippen LogP contribution >= 0.6 is 11.8 Å². The fourth-order valence-electron chi connectivity index (χ4n) is 3.06. The number of carboxylic acids is 1. The van der Waals surface area contributed by atoms with Crippen molar-refractivity contribution in [3.05, 3.63) is 35.9 Å². The van der Waals surface area contributed by atoms with Gasteiger partial charge >= 0.3 is 5.97 Å². The first kappa shape index (κ1) is 29.9. The number of thioether (sulfide) groups is 1. The summed E-state index contributed by atoms with van der Waals surface area (Å²) in [5, 5.41) is 26.8. The first-order valence-electron chi connectivity index (χ1n) is 10.8. The zero-order valence-corrected chi connectivity index (χ0v) is 20.4. The number of carbonyl (C=O) groups excluding carboxylic acids is 4. The first-order chi connectivity index (χ1) is 16.5. The second kappa shape index (κ2) is 15.0. The third-order valence-corrected chi connectivity index (χ3v) is 5.61. The van der Waals surface area contributed by atoms with E-state index in [9.17, 15) is 34.2 Å². The number of nitrogens with one attached hydrogen (secondary N) is 3. The van der Waals surface area contributed by atoms with Crippen molar-refractivity contribution in [3.63, 3.8) is 0 Å². The van der Waals surface area contributed by atoms with Gasteiger partial charge in [-0.15, -0.1) is 0 Å². The van der Waals surface area contributed by atoms with Crippen LogP contribution in [0.3, 0.4) is 0 Å². The Labute approximate surface area is 207 Å². The maximum Gasteiger partial charge on any atom is 0.326 e. The molecule has 0 radical (unpaired) electrons. The molecule has 1 rings (SSSR count). The predicted octanol–water partition coefficient (Wildman–Crippen LogP) is -1.90. The van der Waals surface area contributed by atoms with Gasteiger partial charge in [0.05, 0.1) is 18.6 Å². The number of benzene rings is 1. The van der Waals surface area contributed by atoms with Crippen LogP contribution in [0.1, 0.15) is 25.3 Å². The number of carboxylic acid groups (broad SMARTS) is 1. The van der Waals surface area contributed by atoms with Crippen LogP contribution in [0, 0.1) is 0 Å². The molecule has 0 fully saturated rings. The van der Waals surface area contributed by atoms with Gasteiger partial charge in [0.25, 0.3) is 0 Å². The summed E-state index contributed by atoms with van der Waals surface area (Å²) >= 11 is 1.41. The molecule has 0 bridgehead atoms. The standard InChI is InChI=1S/C22H33N5O7S/c1-12(28)18(21(32)26-16(22(33)34)10-13-6-4-3-5-7-13)27-20(31)15(8-9-35-2)25-19(30)14(23)11-17(24)29/h3-7,12,14-16,18,28H,8-11,23H2,1-2H3,(H2,24,29)(H,25,30)(H,26,32)(H,27,31)(H,33,34). The summed E-state index contributed by atoms with van der Waals surface area (Å²) in [6, 6.07) is 3.46. The summed E-state index contributed by atoms with van der Waals surface area (Å²) < 4.78 is 0. The van der Waals surface area contributed by atoms with E-state index in [4.69, 9.17) is 11.5 Å². The molecule has 0 aliphatic rings. The topological polar surface area (TPSA) is 214 Å². The summed E-state index contributed by atoms with van der Waals surface area (Å²) in [7, 11) is 0. The molecule has 0 aliphatic heterocycles. The number of aliphatic carboxylic acids is 1. The van der Waals surface area contributed by atoms with Crippen LogP contribution in [0.15, 0.2) is 30.3 Å². The van der Waals surface area contributed by atoms with Crippen molar-refractivity contribution in [2.75, 3.05) is 12.0 Å². The van der Waals surface area contributed by atoms with Gasteiger partial charge in [0, 0.05) is 6.42 Å². The van der Waals surface area contributed by atoms with Gasteiger partial charge in [-0.3, -0.25) is 19.2 Å². The van der Waals surface area contributed by atoms with Crippen molar-refractivity contribution < 1.29 is 34.2 Å². The average Bonchev–Trinajstić information content (AvgIpc) is 2.79. The molecule has 0 aromatic heterocycles. The molecule has 13 heteroatoms. The molecule has 0 heterocycles. The Morgan fingerprint density at radius 2 is 1.57 bits per heavy atom. The summed E-state index contributed by atoms with van der Waals surface area (Å²) in [4.78, 5) is 60.7. The van der Waals surface area contributed by atoms with E-state index < -0.39 is 66.3 Å². The lowest BCUT2D eigenvalue weighted by atomic mass is 10.0. The monoisotopic (exact) mass is 511 g/mol. The third kappa shape index (κ3) is 10.8. The molecule has 0 spiro atoms. The van der Waals surface area contributed by atoms with E-state index in [1.54, 1.807) is 36.6 Å². The van der Waals surface area contributed by atoms with Gasteiger partial charge in [-0.1, -0.05) is 30.3 Å². The summed E-state index contributed by atoms with van der Waals surface area (Å²) in [6.45, 7) is 1.26. The van der Waals surface area contributed by atoms with Gasteiger partial charge in [0.15, 0.2) is 0 Å². The smallest absolute Gasteiger partial charge is 0.326 e. The molecule has 1 aromatic carbocycles. The van der Waals surface area contributed by atoms with Gasteiger partial charge in [-0.05, 0) is 30.9 Å². The van der Waals surface area contributed by atoms with Crippen LogP contribution in [0.4, 0.5) is 0 Å². The zero-order valence-electron chi connectivity index (χ0n) is 19.6. The largest absolute Gasteiger partial charge is 0.480 e. The van der Waals surface area contributed by atoms with Gasteiger partial charge in [0.2, 0.25) is 23.6 Å². The van der Waals surface area contributed by atoms with Gasteiger partial charge < -0.3 is 37.6 Å². The van der Waals surface area contributed by atoms with Gasteiger partial charge in [-0.25, -0.2) is 4.79 Å². The number of primary amides is 1. The molecule has 9 N–H and O–H groups in total. The summed E-state index contributed by atoms with van der Waals surface area (Å²) in [5.74, 6) is -4.07. The van der Waals surface area contributed by atoms with Crippen molar-refractivity contribution in [2.45, 2.75) is 56.5 Å². The van der Waals surface area contributed by atoms with Crippen LogP contribution in [-0.4, -0.2) is 82.1 Å². The molecular weight excluding hydrogens is 478 g/mol. The van der Waals surface area contributed by atoms with E-state index >= 15 is 0 Å². The Kier molecular flexibility index (Phi) is 12.8. The average molecular weight is 512 g/mol. The number of amides is 4. The number of nitrogens with two attached hydrogens (primary N) is 2. The molecule has 5 atom stereocenters. The quantitative estimate of drug-likeness (QED) is 0.140. The Hall–Kier alpha value is -3.16. The lowest BCUT2D eigenvalue weighted by Gasteiger charge is -2.26. The third-order valence-electron chi connectivity index (χ3n) is 4.96. The predicted molar refractivity (Wildman–Crippen MR) is 130 cm³/mol. The molecule has 1 aromatic rings. The highest BCUT2D eigenvalue weighted by molar-refractivity contribution is 7.98. The Morgan fingerprint density at radius 3 is 2.09 bits per heavy atom. The van der Waals surface area contributed by atoms with E-state index in [2.05, 4.69) is 16.0 Å². The number of hydrogen-bond donors (Lipinski definition) is 7. The van der Waals surface area contributed by atoms with Crippen molar-refractivity contribution >= 4 is 41.4 Å². The maximum atomic E-state index is 12.9. The number of hydrogen-bond acceptors (Lipinski definition) is 8. The Balaban J connectivity index is 2.94. The Bertz CT molecular complexity index is 884. The lowest BCUT2D eigenvalue weighted by molar-refractivity contribution is -0.143. The van der Waals surface area contributed by atoms with Crippen molar-refractivity contribution in [3.8, 4) is 0 Å². The Morgan fingerprint density at radius 1 is 0.971 bits per heavy atom. The molecule has 4 amide bonds. The molecule has 0 saturated heterocycles. The van der Waals surface area contributed by atoms with E-state index in [1.807, 2.05) is 0 Å². The fraction of sp³-hybridized carbons (Fsp3) is 0.500. The van der Waals surface area contributed by atoms with Crippen molar-refractivity contribution in [1.82, 2.24) is 16.0 Å². The molecule has 5 unspecified atom stereocenters. The van der Waals surface area contributed by atoms with E-state index in [0.29, 0.717) is 11.3 Å². The maximum absolute atomic E-state index is 12.9. The number of aliphatic hydroxyl groups is 1. The minimum absolute atomic E-state index is 0.00739. The van der Waals surface area contributed by atoms with Crippen LogP contribution in [0.5, 0.6) is 0 Å². The van der Waals surface area contributed by atoms with E-state index in [0.717, 1.165) is 0 Å². The van der Waals surface area contributed by atoms with Crippen LogP contribution < -0.4 is 27.4 Å². The number of carbonyl (C=O) groups is 5. The normalized spacial score (nSPS) is 15.1. The second-order valence-corrected chi connectivity index (χ2v) is 8.92. The van der Waals surface area contributed by atoms with Crippen LogP contribution in [-0.2, 0) is 30.4 Å². The molecular formula is C22H33N5O7S. The van der Waals surface area contributed by atoms with Gasteiger partial charge in [0.1, 0.15) is 18.1 Å². The second-order valence-electron chi connectivity index (χ2n) is 7.94. The highest BCUT2D eigenvalue weighted by Gasteiger charge is 2.32. The molecule has 12 nitrogen and oxygen atoms in total. The fourth-order valence-corrected chi connectivity index (χ4v) is 3.53. The van der Waals surface area contributed by atoms with Crippen molar-refractivity contribution in [1.29, 1.82) is 0 Å². The summed E-state index contributed by atoms with van der Waals surface area (Å²) in [5.41, 5.74) is 11.3. The van der Waals surface area contributed by atoms with Crippen molar-refractivity contribution in [2.24, 2.45) is 11.5 Å². The summed E-state index contributed by atoms with van der Waals surface area (Å²) in [6.07, 6.45) is 0.160. The van der Waals surface area contributed by atoms with Crippen LogP contribution in [0.2, 0.25) is 0 Å². The highest BCUT2D eigenvalue weighted by atomic mass is 32.2. The minimum atomic E-state index is -1.49.